The molecule has 1 aromatic carbocycles. The first-order chi connectivity index (χ1) is 9.09. The van der Waals surface area contributed by atoms with Gasteiger partial charge in [-0.1, -0.05) is 51.5 Å². The van der Waals surface area contributed by atoms with Crippen LogP contribution in [0.5, 0.6) is 0 Å². The summed E-state index contributed by atoms with van der Waals surface area (Å²) in [6.07, 6.45) is 0. The first-order valence-corrected chi connectivity index (χ1v) is 7.28. The number of nitrogens with one attached hydrogen (secondary N) is 1. The van der Waals surface area contributed by atoms with E-state index < -0.39 is 0 Å². The highest BCUT2D eigenvalue weighted by atomic mass is 35.5. The highest BCUT2D eigenvalue weighted by molar-refractivity contribution is 7.80. The van der Waals surface area contributed by atoms with E-state index in [0.717, 1.165) is 0 Å². The number of amides is 1. The summed E-state index contributed by atoms with van der Waals surface area (Å²) in [7, 11) is 0. The van der Waals surface area contributed by atoms with Crippen molar-refractivity contribution < 1.29 is 4.79 Å². The Morgan fingerprint density at radius 2 is 1.85 bits per heavy atom. The molecule has 5 heteroatoms. The first-order valence-electron chi connectivity index (χ1n) is 6.49. The molecule has 0 aromatic heterocycles. The average molecular weight is 311 g/mol. The Hall–Kier alpha value is -1.13. The summed E-state index contributed by atoms with van der Waals surface area (Å²) in [6, 6.07) is 5.16. The zero-order valence-electron chi connectivity index (χ0n) is 12.1. The summed E-state index contributed by atoms with van der Waals surface area (Å²) >= 11 is 11.1. The first kappa shape index (κ1) is 15.3. The van der Waals surface area contributed by atoms with Crippen LogP contribution in [0.4, 0.5) is 5.69 Å². The lowest BCUT2D eigenvalue weighted by Gasteiger charge is -2.09. The Kier molecular flexibility index (Phi) is 3.59. The van der Waals surface area contributed by atoms with Crippen molar-refractivity contribution in [1.29, 1.82) is 0 Å². The number of carbonyl (C=O) groups is 1. The van der Waals surface area contributed by atoms with Crippen LogP contribution in [0.15, 0.2) is 18.2 Å². The quantitative estimate of drug-likeness (QED) is 0.839. The van der Waals surface area contributed by atoms with E-state index >= 15 is 0 Å². The smallest absolute Gasteiger partial charge is 0.228 e. The average Bonchev–Trinajstić information content (AvgIpc) is 2.72. The molecule has 1 aliphatic carbocycles. The monoisotopic (exact) mass is 310 g/mol. The largest absolute Gasteiger partial charge is 0.389 e. The van der Waals surface area contributed by atoms with Gasteiger partial charge in [-0.25, -0.2) is 0 Å². The second-order valence-corrected chi connectivity index (χ2v) is 7.27. The van der Waals surface area contributed by atoms with E-state index in [9.17, 15) is 4.79 Å². The molecule has 0 spiro atoms. The maximum atomic E-state index is 12.4. The van der Waals surface area contributed by atoms with Crippen LogP contribution < -0.4 is 11.1 Å². The molecule has 0 atom stereocenters. The van der Waals surface area contributed by atoms with Gasteiger partial charge in [0.15, 0.2) is 0 Å². The van der Waals surface area contributed by atoms with Gasteiger partial charge in [0.1, 0.15) is 4.99 Å². The van der Waals surface area contributed by atoms with E-state index in [-0.39, 0.29) is 27.6 Å². The minimum absolute atomic E-state index is 0.00231. The van der Waals surface area contributed by atoms with Crippen LogP contribution in [0.1, 0.15) is 33.3 Å². The zero-order chi connectivity index (χ0) is 15.3. The molecule has 108 valence electrons. The van der Waals surface area contributed by atoms with E-state index in [1.54, 1.807) is 18.2 Å². The van der Waals surface area contributed by atoms with Gasteiger partial charge in [-0.2, -0.15) is 0 Å². The van der Waals surface area contributed by atoms with E-state index in [1.807, 2.05) is 0 Å². The van der Waals surface area contributed by atoms with Crippen LogP contribution in [0.25, 0.3) is 0 Å². The molecular formula is C15H19ClN2OS. The number of rotatable bonds is 3. The second-order valence-electron chi connectivity index (χ2n) is 6.42. The van der Waals surface area contributed by atoms with Gasteiger partial charge in [-0.05, 0) is 29.0 Å². The van der Waals surface area contributed by atoms with Gasteiger partial charge in [0.25, 0.3) is 0 Å². The minimum Gasteiger partial charge on any atom is -0.389 e. The van der Waals surface area contributed by atoms with Crippen molar-refractivity contribution in [3.05, 3.63) is 28.8 Å². The van der Waals surface area contributed by atoms with Crippen molar-refractivity contribution in [2.24, 2.45) is 22.5 Å². The maximum Gasteiger partial charge on any atom is 0.228 e. The summed E-state index contributed by atoms with van der Waals surface area (Å²) in [5.41, 5.74) is 6.84. The van der Waals surface area contributed by atoms with Crippen LogP contribution in [0.3, 0.4) is 0 Å². The lowest BCUT2D eigenvalue weighted by Crippen LogP contribution is -2.18. The van der Waals surface area contributed by atoms with Crippen LogP contribution in [0, 0.1) is 16.7 Å². The molecular weight excluding hydrogens is 292 g/mol. The SMILES string of the molecule is CC1(C)C(C(=O)Nc2ccc(C(N)=S)cc2Cl)C1(C)C. The third-order valence-corrected chi connectivity index (χ3v) is 5.34. The number of hydrogen-bond acceptors (Lipinski definition) is 2. The molecule has 0 aliphatic heterocycles. The van der Waals surface area contributed by atoms with Crippen molar-refractivity contribution >= 4 is 40.4 Å². The second kappa shape index (κ2) is 4.71. The van der Waals surface area contributed by atoms with Crippen molar-refractivity contribution in [2.75, 3.05) is 5.32 Å². The van der Waals surface area contributed by atoms with Gasteiger partial charge in [0.05, 0.1) is 10.7 Å². The third kappa shape index (κ3) is 2.31. The molecule has 1 saturated carbocycles. The van der Waals surface area contributed by atoms with E-state index in [1.165, 1.54) is 0 Å². The number of anilines is 1. The topological polar surface area (TPSA) is 55.1 Å². The minimum atomic E-state index is -0.0127. The Bertz CT molecular complexity index is 582. The molecule has 2 rings (SSSR count). The molecule has 1 aromatic rings. The molecule has 20 heavy (non-hydrogen) atoms. The van der Waals surface area contributed by atoms with Crippen LogP contribution in [-0.4, -0.2) is 10.9 Å². The fraction of sp³-hybridized carbons (Fsp3) is 0.467. The Balaban J connectivity index is 2.16. The molecule has 3 nitrogen and oxygen atoms in total. The molecule has 3 N–H and O–H groups in total. The molecule has 1 amide bonds. The lowest BCUT2D eigenvalue weighted by atomic mass is 10.0. The van der Waals surface area contributed by atoms with Gasteiger partial charge < -0.3 is 11.1 Å². The predicted octanol–water partition coefficient (Wildman–Crippen LogP) is 3.59. The van der Waals surface area contributed by atoms with Gasteiger partial charge in [0.2, 0.25) is 5.91 Å². The number of nitrogens with two attached hydrogens (primary N) is 1. The van der Waals surface area contributed by atoms with Crippen molar-refractivity contribution in [3.63, 3.8) is 0 Å². The fourth-order valence-electron chi connectivity index (χ4n) is 2.83. The van der Waals surface area contributed by atoms with Crippen LogP contribution in [0.2, 0.25) is 5.02 Å². The third-order valence-electron chi connectivity index (χ3n) is 4.79. The van der Waals surface area contributed by atoms with E-state index in [4.69, 9.17) is 29.6 Å². The summed E-state index contributed by atoms with van der Waals surface area (Å²) in [6.45, 7) is 8.42. The highest BCUT2D eigenvalue weighted by Gasteiger charge is 2.68. The van der Waals surface area contributed by atoms with Gasteiger partial charge >= 0.3 is 0 Å². The Morgan fingerprint density at radius 1 is 1.30 bits per heavy atom. The summed E-state index contributed by atoms with van der Waals surface area (Å²) in [5, 5.41) is 3.34. The Morgan fingerprint density at radius 3 is 2.25 bits per heavy atom. The van der Waals surface area contributed by atoms with Gasteiger partial charge in [0, 0.05) is 11.5 Å². The zero-order valence-corrected chi connectivity index (χ0v) is 13.7. The van der Waals surface area contributed by atoms with Crippen molar-refractivity contribution in [3.8, 4) is 0 Å². The summed E-state index contributed by atoms with van der Waals surface area (Å²) in [4.78, 5) is 12.6. The van der Waals surface area contributed by atoms with Gasteiger partial charge in [-0.15, -0.1) is 0 Å². The van der Waals surface area contributed by atoms with Crippen LogP contribution >= 0.6 is 23.8 Å². The van der Waals surface area contributed by atoms with Crippen molar-refractivity contribution in [1.82, 2.24) is 0 Å². The summed E-state index contributed by atoms with van der Waals surface area (Å²) in [5.74, 6) is -0.00805. The van der Waals surface area contributed by atoms with Crippen molar-refractivity contribution in [2.45, 2.75) is 27.7 Å². The number of benzene rings is 1. The van der Waals surface area contributed by atoms with E-state index in [0.29, 0.717) is 16.3 Å². The predicted molar refractivity (Wildman–Crippen MR) is 87.0 cm³/mol. The Labute approximate surface area is 129 Å². The molecule has 0 unspecified atom stereocenters. The fourth-order valence-corrected chi connectivity index (χ4v) is 3.18. The summed E-state index contributed by atoms with van der Waals surface area (Å²) < 4.78 is 0. The number of carbonyl (C=O) groups excluding carboxylic acids is 1. The number of halogens is 1. The maximum absolute atomic E-state index is 12.4. The normalized spacial score (nSPS) is 19.4. The molecule has 1 aliphatic rings. The number of thiocarbonyl (C=S) groups is 1. The van der Waals surface area contributed by atoms with E-state index in [2.05, 4.69) is 33.0 Å². The highest BCUT2D eigenvalue weighted by Crippen LogP contribution is 2.68. The number of hydrogen-bond donors (Lipinski definition) is 2. The molecule has 0 saturated heterocycles. The lowest BCUT2D eigenvalue weighted by molar-refractivity contribution is -0.118. The standard InChI is InChI=1S/C15H19ClN2OS/c1-14(2)11(15(14,3)4)13(19)18-10-6-5-8(12(17)20)7-9(10)16/h5-7,11H,1-4H3,(H2,17,20)(H,18,19). The molecule has 0 heterocycles. The van der Waals surface area contributed by atoms with Gasteiger partial charge in [-0.3, -0.25) is 4.79 Å². The molecule has 0 radical (unpaired) electrons. The molecule has 1 fully saturated rings. The molecule has 0 bridgehead atoms. The van der Waals surface area contributed by atoms with Crippen LogP contribution in [-0.2, 0) is 4.79 Å².